The van der Waals surface area contributed by atoms with Crippen molar-refractivity contribution in [3.05, 3.63) is 59.7 Å². The van der Waals surface area contributed by atoms with Gasteiger partial charge in [-0.3, -0.25) is 9.59 Å². The first-order valence-corrected chi connectivity index (χ1v) is 8.80. The molecular weight excluding hydrogens is 322 g/mol. The Morgan fingerprint density at radius 3 is 2.54 bits per heavy atom. The van der Waals surface area contributed by atoms with Gasteiger partial charge in [-0.25, -0.2) is 0 Å². The van der Waals surface area contributed by atoms with Crippen molar-refractivity contribution >= 4 is 29.3 Å². The number of hydrogen-bond donors (Lipinski definition) is 1. The first kappa shape index (κ1) is 18.1. The smallest absolute Gasteiger partial charge is 0.316 e. The first-order valence-electron chi connectivity index (χ1n) is 7.82. The van der Waals surface area contributed by atoms with Crippen molar-refractivity contribution < 1.29 is 14.3 Å². The van der Waals surface area contributed by atoms with E-state index in [2.05, 4.69) is 5.32 Å². The molecule has 1 N–H and O–H groups in total. The highest BCUT2D eigenvalue weighted by Gasteiger charge is 2.11. The highest BCUT2D eigenvalue weighted by atomic mass is 32.2. The van der Waals surface area contributed by atoms with Gasteiger partial charge < -0.3 is 10.1 Å². The molecule has 0 saturated carbocycles. The average Bonchev–Trinajstić information content (AvgIpc) is 2.60. The summed E-state index contributed by atoms with van der Waals surface area (Å²) in [6.45, 7) is 3.70. The molecule has 0 atom stereocenters. The van der Waals surface area contributed by atoms with Crippen LogP contribution in [0.15, 0.2) is 53.4 Å². The van der Waals surface area contributed by atoms with Crippen LogP contribution in [0, 0.1) is 6.92 Å². The first-order chi connectivity index (χ1) is 11.6. The second kappa shape index (κ2) is 9.13. The van der Waals surface area contributed by atoms with E-state index in [1.54, 1.807) is 0 Å². The van der Waals surface area contributed by atoms with E-state index < -0.39 is 5.97 Å². The topological polar surface area (TPSA) is 55.4 Å². The van der Waals surface area contributed by atoms with Crippen molar-refractivity contribution in [3.8, 4) is 0 Å². The maximum Gasteiger partial charge on any atom is 0.316 e. The summed E-state index contributed by atoms with van der Waals surface area (Å²) in [6, 6.07) is 15.5. The fourth-order valence-corrected chi connectivity index (χ4v) is 2.94. The van der Waals surface area contributed by atoms with Gasteiger partial charge in [0.05, 0.1) is 5.75 Å². The minimum absolute atomic E-state index is 0.182. The van der Waals surface area contributed by atoms with Gasteiger partial charge in [0.2, 0.25) is 0 Å². The number of amides is 1. The van der Waals surface area contributed by atoms with Crippen LogP contribution in [0.1, 0.15) is 18.1 Å². The molecule has 0 fully saturated rings. The summed E-state index contributed by atoms with van der Waals surface area (Å²) >= 11 is 1.39. The van der Waals surface area contributed by atoms with Crippen LogP contribution in [-0.2, 0) is 20.7 Å². The Morgan fingerprint density at radius 2 is 1.83 bits per heavy atom. The van der Waals surface area contributed by atoms with Crippen molar-refractivity contribution in [2.24, 2.45) is 0 Å². The molecule has 0 bridgehead atoms. The maximum atomic E-state index is 12.0. The molecule has 0 radical (unpaired) electrons. The third kappa shape index (κ3) is 5.42. The van der Waals surface area contributed by atoms with Gasteiger partial charge in [0.1, 0.15) is 0 Å². The summed E-state index contributed by atoms with van der Waals surface area (Å²) in [4.78, 5) is 24.7. The van der Waals surface area contributed by atoms with Gasteiger partial charge in [-0.15, -0.1) is 11.8 Å². The number of rotatable bonds is 7. The van der Waals surface area contributed by atoms with Crippen molar-refractivity contribution in [1.82, 2.24) is 0 Å². The van der Waals surface area contributed by atoms with Crippen molar-refractivity contribution in [3.63, 3.8) is 0 Å². The summed E-state index contributed by atoms with van der Waals surface area (Å²) in [5.74, 6) is -0.543. The minimum Gasteiger partial charge on any atom is -0.455 e. The van der Waals surface area contributed by atoms with Crippen LogP contribution in [0.25, 0.3) is 0 Å². The van der Waals surface area contributed by atoms with Crippen LogP contribution in [0.2, 0.25) is 0 Å². The molecule has 0 saturated heterocycles. The van der Waals surface area contributed by atoms with Gasteiger partial charge in [-0.2, -0.15) is 0 Å². The zero-order valence-electron chi connectivity index (χ0n) is 13.9. The molecule has 0 aromatic heterocycles. The van der Waals surface area contributed by atoms with Gasteiger partial charge in [0.25, 0.3) is 5.91 Å². The molecule has 0 aliphatic heterocycles. The van der Waals surface area contributed by atoms with E-state index in [4.69, 9.17) is 4.74 Å². The van der Waals surface area contributed by atoms with Crippen LogP contribution in [0.4, 0.5) is 5.69 Å². The number of aryl methyl sites for hydroxylation is 2. The number of hydrogen-bond acceptors (Lipinski definition) is 4. The lowest BCUT2D eigenvalue weighted by atomic mass is 10.1. The Morgan fingerprint density at radius 1 is 1.08 bits per heavy atom. The highest BCUT2D eigenvalue weighted by molar-refractivity contribution is 8.00. The molecule has 126 valence electrons. The summed E-state index contributed by atoms with van der Waals surface area (Å²) in [5, 5.41) is 2.84. The molecule has 2 aromatic carbocycles. The molecule has 2 rings (SSSR count). The molecule has 0 heterocycles. The van der Waals surface area contributed by atoms with E-state index in [9.17, 15) is 9.59 Å². The van der Waals surface area contributed by atoms with Gasteiger partial charge >= 0.3 is 5.97 Å². The van der Waals surface area contributed by atoms with Gasteiger partial charge in [0.15, 0.2) is 6.61 Å². The Bertz CT molecular complexity index is 701. The number of para-hydroxylation sites is 1. The zero-order valence-corrected chi connectivity index (χ0v) is 14.7. The Hall–Kier alpha value is -2.27. The molecule has 2 aromatic rings. The van der Waals surface area contributed by atoms with E-state index >= 15 is 0 Å². The van der Waals surface area contributed by atoms with E-state index in [0.717, 1.165) is 28.1 Å². The number of carbonyl (C=O) groups is 2. The molecule has 0 spiro atoms. The van der Waals surface area contributed by atoms with Gasteiger partial charge in [-0.1, -0.05) is 43.3 Å². The second-order valence-electron chi connectivity index (χ2n) is 5.27. The third-order valence-electron chi connectivity index (χ3n) is 3.47. The Labute approximate surface area is 146 Å². The van der Waals surface area contributed by atoms with Gasteiger partial charge in [0, 0.05) is 10.6 Å². The lowest BCUT2D eigenvalue weighted by Crippen LogP contribution is -2.22. The van der Waals surface area contributed by atoms with Crippen LogP contribution < -0.4 is 5.32 Å². The third-order valence-corrected chi connectivity index (χ3v) is 4.45. The average molecular weight is 343 g/mol. The summed E-state index contributed by atoms with van der Waals surface area (Å²) in [5.41, 5.74) is 2.86. The number of carbonyl (C=O) groups excluding carboxylic acids is 2. The van der Waals surface area contributed by atoms with Crippen LogP contribution in [0.3, 0.4) is 0 Å². The fraction of sp³-hybridized carbons (Fsp3) is 0.263. The predicted octanol–water partition coefficient (Wildman–Crippen LogP) is 3.83. The quantitative estimate of drug-likeness (QED) is 0.613. The lowest BCUT2D eigenvalue weighted by Gasteiger charge is -2.13. The number of nitrogens with one attached hydrogen (secondary N) is 1. The van der Waals surface area contributed by atoms with Crippen molar-refractivity contribution in [1.29, 1.82) is 0 Å². The molecule has 5 heteroatoms. The number of benzene rings is 2. The molecule has 4 nitrogen and oxygen atoms in total. The summed E-state index contributed by atoms with van der Waals surface area (Å²) in [7, 11) is 0. The van der Waals surface area contributed by atoms with Crippen LogP contribution >= 0.6 is 11.8 Å². The zero-order chi connectivity index (χ0) is 17.4. The number of ether oxygens (including phenoxy) is 1. The predicted molar refractivity (Wildman–Crippen MR) is 97.3 cm³/mol. The highest BCUT2D eigenvalue weighted by Crippen LogP contribution is 2.21. The molecule has 0 aliphatic carbocycles. The van der Waals surface area contributed by atoms with Gasteiger partial charge in [-0.05, 0) is 36.6 Å². The number of anilines is 1. The summed E-state index contributed by atoms with van der Waals surface area (Å²) < 4.78 is 5.04. The maximum absolute atomic E-state index is 12.0. The second-order valence-corrected chi connectivity index (χ2v) is 6.32. The Kier molecular flexibility index (Phi) is 6.88. The SMILES string of the molecule is CCc1cccc(C)c1NC(=O)COC(=O)CSc1ccccc1. The van der Waals surface area contributed by atoms with Crippen molar-refractivity contribution in [2.75, 3.05) is 17.7 Å². The number of esters is 1. The standard InChI is InChI=1S/C19H21NO3S/c1-3-15-9-7-8-14(2)19(15)20-17(21)12-23-18(22)13-24-16-10-5-4-6-11-16/h4-11H,3,12-13H2,1-2H3,(H,20,21). The number of thioether (sulfide) groups is 1. The fourth-order valence-electron chi connectivity index (χ4n) is 2.22. The Balaban J connectivity index is 1.80. The van der Waals surface area contributed by atoms with E-state index in [1.807, 2.05) is 62.4 Å². The normalized spacial score (nSPS) is 10.2. The molecule has 24 heavy (non-hydrogen) atoms. The van der Waals surface area contributed by atoms with E-state index in [-0.39, 0.29) is 18.3 Å². The largest absolute Gasteiger partial charge is 0.455 e. The molecule has 0 unspecified atom stereocenters. The molecule has 1 amide bonds. The minimum atomic E-state index is -0.403. The summed E-state index contributed by atoms with van der Waals surface area (Å²) in [6.07, 6.45) is 0.824. The molecular formula is C19H21NO3S. The van der Waals surface area contributed by atoms with Crippen molar-refractivity contribution in [2.45, 2.75) is 25.2 Å². The lowest BCUT2D eigenvalue weighted by molar-refractivity contribution is -0.144. The van der Waals surface area contributed by atoms with E-state index in [1.165, 1.54) is 11.8 Å². The van der Waals surface area contributed by atoms with Crippen LogP contribution in [0.5, 0.6) is 0 Å². The van der Waals surface area contributed by atoms with E-state index in [0.29, 0.717) is 0 Å². The monoisotopic (exact) mass is 343 g/mol. The molecule has 0 aliphatic rings. The van der Waals surface area contributed by atoms with Crippen LogP contribution in [-0.4, -0.2) is 24.2 Å².